The minimum Gasteiger partial charge on any atom is -0.465 e. The third-order valence-electron chi connectivity index (χ3n) is 3.83. The Morgan fingerprint density at radius 1 is 1.04 bits per heavy atom. The molecule has 0 aromatic heterocycles. The van der Waals surface area contributed by atoms with E-state index in [0.717, 1.165) is 12.8 Å². The van der Waals surface area contributed by atoms with Gasteiger partial charge in [0.25, 0.3) is 0 Å². The van der Waals surface area contributed by atoms with E-state index in [0.29, 0.717) is 0 Å². The van der Waals surface area contributed by atoms with Crippen LogP contribution in [0.5, 0.6) is 5.75 Å². The Hall–Kier alpha value is -1.26. The zero-order valence-electron chi connectivity index (χ0n) is 13.7. The van der Waals surface area contributed by atoms with Gasteiger partial charge in [-0.05, 0) is 31.4 Å². The van der Waals surface area contributed by atoms with Crippen molar-refractivity contribution in [1.82, 2.24) is 0 Å². The monoisotopic (exact) mass is 360 g/mol. The Bertz CT molecular complexity index is 533. The molecule has 6 heteroatoms. The molecule has 0 saturated heterocycles. The van der Waals surface area contributed by atoms with E-state index in [9.17, 15) is 9.59 Å². The van der Waals surface area contributed by atoms with E-state index in [-0.39, 0.29) is 35.2 Å². The molecule has 0 unspecified atom stereocenters. The van der Waals surface area contributed by atoms with E-state index in [1.165, 1.54) is 0 Å². The molecule has 0 amide bonds. The van der Waals surface area contributed by atoms with Gasteiger partial charge in [0.15, 0.2) is 11.2 Å². The summed E-state index contributed by atoms with van der Waals surface area (Å²) < 4.78 is 10.6. The minimum atomic E-state index is -1.35. The highest BCUT2D eigenvalue weighted by atomic mass is 35.5. The maximum absolute atomic E-state index is 12.6. The van der Waals surface area contributed by atoms with Crippen LogP contribution >= 0.6 is 23.2 Å². The second-order valence-electron chi connectivity index (χ2n) is 5.22. The molecule has 1 rings (SSSR count). The van der Waals surface area contributed by atoms with Crippen molar-refractivity contribution < 1.29 is 19.1 Å². The molecule has 0 aliphatic rings. The minimum absolute atomic E-state index is 0.0634. The highest BCUT2D eigenvalue weighted by Crippen LogP contribution is 2.36. The number of para-hydroxylation sites is 1. The molecule has 1 aromatic rings. The smallest absolute Gasteiger partial charge is 0.328 e. The van der Waals surface area contributed by atoms with Crippen molar-refractivity contribution >= 4 is 35.1 Å². The molecular weight excluding hydrogens is 339 g/mol. The van der Waals surface area contributed by atoms with E-state index in [4.69, 9.17) is 32.7 Å². The van der Waals surface area contributed by atoms with Crippen LogP contribution in [0, 0.1) is 5.41 Å². The lowest BCUT2D eigenvalue weighted by Gasteiger charge is -2.27. The van der Waals surface area contributed by atoms with Crippen LogP contribution in [0.4, 0.5) is 0 Å². The number of hydrogen-bond acceptors (Lipinski definition) is 4. The quantitative estimate of drug-likeness (QED) is 0.281. The molecule has 0 spiro atoms. The van der Waals surface area contributed by atoms with Crippen LogP contribution in [-0.2, 0) is 14.3 Å². The Morgan fingerprint density at radius 3 is 2.09 bits per heavy atom. The average Bonchev–Trinajstić information content (AvgIpc) is 2.53. The topological polar surface area (TPSA) is 52.6 Å². The molecule has 1 aromatic carbocycles. The van der Waals surface area contributed by atoms with Gasteiger partial charge in [0.2, 0.25) is 0 Å². The molecule has 0 heterocycles. The summed E-state index contributed by atoms with van der Waals surface area (Å²) in [5.74, 6) is -1.20. The maximum atomic E-state index is 12.6. The number of carbonyl (C=O) groups is 2. The fraction of sp³-hybridized carbons (Fsp3) is 0.529. The number of hydrogen-bond donors (Lipinski definition) is 0. The molecule has 0 bridgehead atoms. The van der Waals surface area contributed by atoms with Crippen molar-refractivity contribution in [2.75, 3.05) is 6.61 Å². The molecule has 0 saturated carbocycles. The number of benzene rings is 1. The number of esters is 2. The van der Waals surface area contributed by atoms with Gasteiger partial charge < -0.3 is 9.47 Å². The molecular formula is C17H22Cl2O4. The van der Waals surface area contributed by atoms with Gasteiger partial charge in [-0.1, -0.05) is 56.5 Å². The van der Waals surface area contributed by atoms with Crippen LogP contribution in [0.1, 0.15) is 46.5 Å². The number of rotatable bonds is 8. The lowest BCUT2D eigenvalue weighted by molar-refractivity contribution is -0.168. The molecule has 0 aliphatic heterocycles. The largest absolute Gasteiger partial charge is 0.465 e. The van der Waals surface area contributed by atoms with Crippen molar-refractivity contribution in [2.45, 2.75) is 46.5 Å². The van der Waals surface area contributed by atoms with Crippen molar-refractivity contribution in [2.24, 2.45) is 5.41 Å². The van der Waals surface area contributed by atoms with Gasteiger partial charge in [0.05, 0.1) is 16.7 Å². The fourth-order valence-corrected chi connectivity index (χ4v) is 2.60. The normalized spacial score (nSPS) is 11.2. The summed E-state index contributed by atoms with van der Waals surface area (Å²) >= 11 is 12.0. The Kier molecular flexibility index (Phi) is 7.86. The van der Waals surface area contributed by atoms with Gasteiger partial charge in [-0.3, -0.25) is 9.59 Å². The van der Waals surface area contributed by atoms with E-state index < -0.39 is 17.4 Å². The maximum Gasteiger partial charge on any atom is 0.328 e. The van der Waals surface area contributed by atoms with Crippen molar-refractivity contribution in [3.63, 3.8) is 0 Å². The summed E-state index contributed by atoms with van der Waals surface area (Å²) in [6.07, 6.45) is 2.20. The summed E-state index contributed by atoms with van der Waals surface area (Å²) in [6, 6.07) is 4.78. The molecule has 4 nitrogen and oxygen atoms in total. The van der Waals surface area contributed by atoms with Crippen LogP contribution in [0.25, 0.3) is 0 Å². The lowest BCUT2D eigenvalue weighted by Crippen LogP contribution is -2.42. The molecule has 128 valence electrons. The molecule has 0 N–H and O–H groups in total. The number of halogens is 2. The van der Waals surface area contributed by atoms with Crippen LogP contribution in [0.15, 0.2) is 18.2 Å². The number of unbranched alkanes of at least 4 members (excludes halogenated alkanes) is 1. The van der Waals surface area contributed by atoms with E-state index in [2.05, 4.69) is 0 Å². The second kappa shape index (κ2) is 9.14. The predicted octanol–water partition coefficient (Wildman–Crippen LogP) is 5.05. The van der Waals surface area contributed by atoms with Crippen molar-refractivity contribution in [3.05, 3.63) is 28.2 Å². The van der Waals surface area contributed by atoms with Gasteiger partial charge in [-0.2, -0.15) is 0 Å². The summed E-state index contributed by atoms with van der Waals surface area (Å²) in [6.45, 7) is 5.78. The number of ether oxygens (including phenoxy) is 2. The van der Waals surface area contributed by atoms with Crippen LogP contribution in [-0.4, -0.2) is 18.5 Å². The summed E-state index contributed by atoms with van der Waals surface area (Å²) in [7, 11) is 0. The highest BCUT2D eigenvalue weighted by molar-refractivity contribution is 6.37. The first-order valence-corrected chi connectivity index (χ1v) is 8.52. The standard InChI is InChI=1S/C17H22Cl2O4/c1-4-7-11-22-15(20)17(5-2,6-3)16(21)23-14-12(18)9-8-10-13(14)19/h8-10H,4-7,11H2,1-3H3. The van der Waals surface area contributed by atoms with Gasteiger partial charge in [0, 0.05) is 0 Å². The third-order valence-corrected chi connectivity index (χ3v) is 4.43. The predicted molar refractivity (Wildman–Crippen MR) is 91.0 cm³/mol. The zero-order valence-corrected chi connectivity index (χ0v) is 15.2. The summed E-state index contributed by atoms with van der Waals surface area (Å²) in [5.41, 5.74) is -1.35. The van der Waals surface area contributed by atoms with E-state index >= 15 is 0 Å². The lowest BCUT2D eigenvalue weighted by atomic mass is 9.82. The van der Waals surface area contributed by atoms with Gasteiger partial charge >= 0.3 is 11.9 Å². The summed E-state index contributed by atoms with van der Waals surface area (Å²) in [5, 5.41) is 0.428. The molecule has 0 fully saturated rings. The fourth-order valence-electron chi connectivity index (χ4n) is 2.13. The molecule has 23 heavy (non-hydrogen) atoms. The Labute approximate surface area is 147 Å². The first-order chi connectivity index (χ1) is 10.9. The Morgan fingerprint density at radius 2 is 1.61 bits per heavy atom. The first-order valence-electron chi connectivity index (χ1n) is 7.76. The van der Waals surface area contributed by atoms with Gasteiger partial charge in [-0.15, -0.1) is 0 Å². The van der Waals surface area contributed by atoms with Crippen molar-refractivity contribution in [1.29, 1.82) is 0 Å². The summed E-state index contributed by atoms with van der Waals surface area (Å²) in [4.78, 5) is 25.0. The molecule has 0 aliphatic carbocycles. The van der Waals surface area contributed by atoms with E-state index in [1.54, 1.807) is 32.0 Å². The van der Waals surface area contributed by atoms with Gasteiger partial charge in [0.1, 0.15) is 0 Å². The van der Waals surface area contributed by atoms with Crippen molar-refractivity contribution in [3.8, 4) is 5.75 Å². The Balaban J connectivity index is 3.00. The number of carbonyl (C=O) groups excluding carboxylic acids is 2. The van der Waals surface area contributed by atoms with Crippen LogP contribution in [0.2, 0.25) is 10.0 Å². The van der Waals surface area contributed by atoms with Crippen LogP contribution in [0.3, 0.4) is 0 Å². The second-order valence-corrected chi connectivity index (χ2v) is 6.03. The van der Waals surface area contributed by atoms with Gasteiger partial charge in [-0.25, -0.2) is 0 Å². The van der Waals surface area contributed by atoms with E-state index in [1.807, 2.05) is 6.92 Å². The SMILES string of the molecule is CCCCOC(=O)C(CC)(CC)C(=O)Oc1c(Cl)cccc1Cl. The molecule has 0 atom stereocenters. The van der Waals surface area contributed by atoms with Crippen LogP contribution < -0.4 is 4.74 Å². The average molecular weight is 361 g/mol. The highest BCUT2D eigenvalue weighted by Gasteiger charge is 2.46. The zero-order chi connectivity index (χ0) is 17.5. The molecule has 0 radical (unpaired) electrons. The first kappa shape index (κ1) is 19.8. The third kappa shape index (κ3) is 4.61.